The Morgan fingerprint density at radius 3 is 2.92 bits per heavy atom. The number of carbonyl (C=O) groups is 1. The van der Waals surface area contributed by atoms with E-state index in [1.54, 1.807) is 12.5 Å². The predicted molar refractivity (Wildman–Crippen MR) is 94.9 cm³/mol. The van der Waals surface area contributed by atoms with Crippen molar-refractivity contribution in [1.29, 1.82) is 0 Å². The fraction of sp³-hybridized carbons (Fsp3) is 0.526. The van der Waals surface area contributed by atoms with Crippen molar-refractivity contribution in [2.24, 2.45) is 0 Å². The number of imidazole rings is 1. The molecule has 1 spiro atoms. The van der Waals surface area contributed by atoms with E-state index in [1.807, 2.05) is 30.1 Å². The lowest BCUT2D eigenvalue weighted by Gasteiger charge is -2.39. The third-order valence-electron chi connectivity index (χ3n) is 5.59. The second kappa shape index (κ2) is 6.59. The number of hydrogen-bond acceptors (Lipinski definition) is 4. The number of fused-ring (bicyclic) bond motifs is 2. The number of H-pyrrole nitrogens is 1. The predicted octanol–water partition coefficient (Wildman–Crippen LogP) is 1.79. The Morgan fingerprint density at radius 1 is 1.32 bits per heavy atom. The molecule has 2 aromatic heterocycles. The molecule has 2 aliphatic rings. The maximum Gasteiger partial charge on any atom is 0.239 e. The molecule has 6 heteroatoms. The summed E-state index contributed by atoms with van der Waals surface area (Å²) in [5.41, 5.74) is 3.15. The molecule has 1 aliphatic heterocycles. The summed E-state index contributed by atoms with van der Waals surface area (Å²) in [6.45, 7) is 0.677. The van der Waals surface area contributed by atoms with Gasteiger partial charge in [0.15, 0.2) is 0 Å². The zero-order valence-electron chi connectivity index (χ0n) is 14.7. The Kier molecular flexibility index (Phi) is 4.29. The minimum atomic E-state index is -0.181. The van der Waals surface area contributed by atoms with E-state index in [4.69, 9.17) is 0 Å². The maximum absolute atomic E-state index is 13.0. The Bertz CT molecular complexity index is 735. The van der Waals surface area contributed by atoms with Gasteiger partial charge in [0, 0.05) is 44.0 Å². The molecule has 1 amide bonds. The summed E-state index contributed by atoms with van der Waals surface area (Å²) in [4.78, 5) is 27.0. The molecule has 1 aliphatic carbocycles. The lowest BCUT2D eigenvalue weighted by Crippen LogP contribution is -2.57. The van der Waals surface area contributed by atoms with Gasteiger partial charge in [-0.25, -0.2) is 4.98 Å². The highest BCUT2D eigenvalue weighted by atomic mass is 16.2. The van der Waals surface area contributed by atoms with Gasteiger partial charge in [-0.3, -0.25) is 15.1 Å². The van der Waals surface area contributed by atoms with Crippen molar-refractivity contribution >= 4 is 5.91 Å². The second-order valence-corrected chi connectivity index (χ2v) is 7.25. The third-order valence-corrected chi connectivity index (χ3v) is 5.59. The van der Waals surface area contributed by atoms with Crippen LogP contribution in [0.2, 0.25) is 0 Å². The van der Waals surface area contributed by atoms with Crippen LogP contribution in [0.1, 0.15) is 42.8 Å². The van der Waals surface area contributed by atoms with Crippen molar-refractivity contribution < 1.29 is 4.79 Å². The van der Waals surface area contributed by atoms with E-state index >= 15 is 0 Å². The smallest absolute Gasteiger partial charge is 0.239 e. The van der Waals surface area contributed by atoms with Crippen LogP contribution in [0, 0.1) is 0 Å². The molecule has 0 bridgehead atoms. The molecule has 2 N–H and O–H groups in total. The van der Waals surface area contributed by atoms with E-state index in [1.165, 1.54) is 12.8 Å². The first kappa shape index (κ1) is 16.3. The van der Waals surface area contributed by atoms with Crippen LogP contribution in [0.5, 0.6) is 0 Å². The van der Waals surface area contributed by atoms with Gasteiger partial charge < -0.3 is 9.88 Å². The normalized spacial score (nSPS) is 21.2. The van der Waals surface area contributed by atoms with Gasteiger partial charge in [-0.05, 0) is 25.0 Å². The average Bonchev–Trinajstić information content (AvgIpc) is 3.30. The number of nitrogens with one attached hydrogen (secondary N) is 2. The molecule has 132 valence electrons. The van der Waals surface area contributed by atoms with E-state index < -0.39 is 0 Å². The summed E-state index contributed by atoms with van der Waals surface area (Å²) in [5, 5.41) is 3.66. The molecule has 6 nitrogen and oxygen atoms in total. The number of aromatic amines is 1. The standard InChI is InChI=1S/C19H25N5O/c1-24(11-7-14-6-2-5-10-20-14)18(25)16-12-15-17(22-13-21-15)19(23-16)8-3-4-9-19/h2,5-6,10,13,16,23H,3-4,7-9,11-12H2,1H3,(H,21,22). The van der Waals surface area contributed by atoms with E-state index in [9.17, 15) is 4.79 Å². The number of nitrogens with zero attached hydrogens (tertiary/aromatic N) is 3. The molecule has 0 saturated heterocycles. The second-order valence-electron chi connectivity index (χ2n) is 7.25. The Balaban J connectivity index is 1.45. The first-order valence-corrected chi connectivity index (χ1v) is 9.13. The van der Waals surface area contributed by atoms with Crippen LogP contribution in [-0.2, 0) is 23.2 Å². The largest absolute Gasteiger partial charge is 0.348 e. The first-order valence-electron chi connectivity index (χ1n) is 9.13. The van der Waals surface area contributed by atoms with Crippen molar-refractivity contribution in [2.75, 3.05) is 13.6 Å². The van der Waals surface area contributed by atoms with Crippen molar-refractivity contribution in [3.05, 3.63) is 47.8 Å². The van der Waals surface area contributed by atoms with Crippen molar-refractivity contribution in [2.45, 2.75) is 50.1 Å². The molecule has 1 saturated carbocycles. The zero-order chi connectivity index (χ0) is 17.3. The number of carbonyl (C=O) groups excluding carboxylic acids is 1. The SMILES string of the molecule is CN(CCc1ccccn1)C(=O)C1Cc2[nH]cnc2C2(CCCC2)N1. The zero-order valence-corrected chi connectivity index (χ0v) is 14.7. The quantitative estimate of drug-likeness (QED) is 0.891. The van der Waals surface area contributed by atoms with E-state index in [2.05, 4.69) is 20.3 Å². The number of amides is 1. The van der Waals surface area contributed by atoms with Gasteiger partial charge in [0.05, 0.1) is 23.6 Å². The molecule has 25 heavy (non-hydrogen) atoms. The van der Waals surface area contributed by atoms with Crippen molar-refractivity contribution in [3.8, 4) is 0 Å². The molecule has 3 heterocycles. The average molecular weight is 339 g/mol. The molecule has 0 radical (unpaired) electrons. The van der Waals surface area contributed by atoms with E-state index in [0.29, 0.717) is 13.0 Å². The summed E-state index contributed by atoms with van der Waals surface area (Å²) in [7, 11) is 1.89. The Hall–Kier alpha value is -2.21. The minimum absolute atomic E-state index is 0.115. The summed E-state index contributed by atoms with van der Waals surface area (Å²) in [6, 6.07) is 5.71. The number of hydrogen-bond donors (Lipinski definition) is 2. The fourth-order valence-corrected chi connectivity index (χ4v) is 4.26. The lowest BCUT2D eigenvalue weighted by atomic mass is 9.84. The molecular formula is C19H25N5O. The molecule has 1 atom stereocenters. The van der Waals surface area contributed by atoms with Crippen LogP contribution in [0.25, 0.3) is 0 Å². The van der Waals surface area contributed by atoms with Crippen molar-refractivity contribution in [1.82, 2.24) is 25.2 Å². The number of rotatable bonds is 4. The summed E-state index contributed by atoms with van der Waals surface area (Å²) in [5.74, 6) is 0.155. The van der Waals surface area contributed by atoms with Crippen LogP contribution in [0.15, 0.2) is 30.7 Å². The summed E-state index contributed by atoms with van der Waals surface area (Å²) < 4.78 is 0. The lowest BCUT2D eigenvalue weighted by molar-refractivity contribution is -0.133. The molecule has 4 rings (SSSR count). The van der Waals surface area contributed by atoms with Crippen LogP contribution in [-0.4, -0.2) is 45.4 Å². The topological polar surface area (TPSA) is 73.9 Å². The van der Waals surface area contributed by atoms with Gasteiger partial charge in [0.25, 0.3) is 0 Å². The van der Waals surface area contributed by atoms with Gasteiger partial charge in [0.1, 0.15) is 0 Å². The van der Waals surface area contributed by atoms with Crippen LogP contribution in [0.4, 0.5) is 0 Å². The van der Waals surface area contributed by atoms with Gasteiger partial charge in [0.2, 0.25) is 5.91 Å². The molecular weight excluding hydrogens is 314 g/mol. The number of pyridine rings is 1. The van der Waals surface area contributed by atoms with Gasteiger partial charge in [-0.15, -0.1) is 0 Å². The third kappa shape index (κ3) is 3.06. The summed E-state index contributed by atoms with van der Waals surface area (Å²) in [6.07, 6.45) is 9.53. The number of likely N-dealkylation sites (N-methyl/N-ethyl adjacent to an activating group) is 1. The van der Waals surface area contributed by atoms with E-state index in [-0.39, 0.29) is 17.5 Å². The van der Waals surface area contributed by atoms with Crippen LogP contribution >= 0.6 is 0 Å². The van der Waals surface area contributed by atoms with Crippen molar-refractivity contribution in [3.63, 3.8) is 0 Å². The van der Waals surface area contributed by atoms with Crippen LogP contribution < -0.4 is 5.32 Å². The van der Waals surface area contributed by atoms with Gasteiger partial charge >= 0.3 is 0 Å². The molecule has 1 fully saturated rings. The minimum Gasteiger partial charge on any atom is -0.348 e. The summed E-state index contributed by atoms with van der Waals surface area (Å²) >= 11 is 0. The van der Waals surface area contributed by atoms with E-state index in [0.717, 1.165) is 36.3 Å². The fourth-order valence-electron chi connectivity index (χ4n) is 4.26. The first-order chi connectivity index (χ1) is 12.2. The van der Waals surface area contributed by atoms with Crippen LogP contribution in [0.3, 0.4) is 0 Å². The highest BCUT2D eigenvalue weighted by Gasteiger charge is 2.45. The molecule has 2 aromatic rings. The molecule has 1 unspecified atom stereocenters. The number of aromatic nitrogens is 3. The van der Waals surface area contributed by atoms with Gasteiger partial charge in [-0.1, -0.05) is 18.9 Å². The highest BCUT2D eigenvalue weighted by molar-refractivity contribution is 5.82. The maximum atomic E-state index is 13.0. The van der Waals surface area contributed by atoms with Gasteiger partial charge in [-0.2, -0.15) is 0 Å². The Labute approximate surface area is 148 Å². The highest BCUT2D eigenvalue weighted by Crippen LogP contribution is 2.42. The molecule has 0 aromatic carbocycles. The Morgan fingerprint density at radius 2 is 2.16 bits per heavy atom. The monoisotopic (exact) mass is 339 g/mol.